The molecular weight excluding hydrogens is 470 g/mol. The first kappa shape index (κ1) is 27.4. The predicted molar refractivity (Wildman–Crippen MR) is 126 cm³/mol. The smallest absolute Gasteiger partial charge is 0.399 e. The number of alkyl halides is 4. The lowest BCUT2D eigenvalue weighted by atomic mass is 9.73. The lowest BCUT2D eigenvalue weighted by Crippen LogP contribution is -2.28. The minimum Gasteiger partial charge on any atom is -0.399 e. The molecule has 0 unspecified atom stereocenters. The fourth-order valence-corrected chi connectivity index (χ4v) is 9.69. The van der Waals surface area contributed by atoms with Crippen LogP contribution in [-0.4, -0.2) is 21.8 Å². The Balaban J connectivity index is 1.31. The van der Waals surface area contributed by atoms with E-state index in [1.807, 2.05) is 0 Å². The molecule has 3 rings (SSSR count). The minimum absolute atomic E-state index is 0.169. The molecule has 0 amide bonds. The molecule has 0 aromatic heterocycles. The van der Waals surface area contributed by atoms with Gasteiger partial charge in [0.25, 0.3) is 0 Å². The molecule has 1 aliphatic carbocycles. The number of ether oxygens (including phenoxy) is 1. The highest BCUT2D eigenvalue weighted by Crippen LogP contribution is 2.42. The van der Waals surface area contributed by atoms with Gasteiger partial charge >= 0.3 is 6.36 Å². The molecule has 1 aliphatic heterocycles. The first-order valence-electron chi connectivity index (χ1n) is 13.0. The van der Waals surface area contributed by atoms with E-state index in [4.69, 9.17) is 0 Å². The van der Waals surface area contributed by atoms with E-state index < -0.39 is 32.5 Å². The minimum atomic E-state index is -5.12. The Morgan fingerprint density at radius 3 is 2.03 bits per heavy atom. The molecule has 0 bridgehead atoms. The van der Waals surface area contributed by atoms with Crippen LogP contribution in [0.15, 0.2) is 12.1 Å². The van der Waals surface area contributed by atoms with Gasteiger partial charge in [-0.05, 0) is 67.6 Å². The highest BCUT2D eigenvalue weighted by molar-refractivity contribution is 6.58. The fraction of sp³-hybridized carbons (Fsp3) is 0.769. The van der Waals surface area contributed by atoms with Crippen LogP contribution in [0.4, 0.5) is 26.3 Å². The van der Waals surface area contributed by atoms with Gasteiger partial charge in [-0.3, -0.25) is 4.39 Å². The lowest BCUT2D eigenvalue weighted by molar-refractivity contribution is -0.276. The van der Waals surface area contributed by atoms with Gasteiger partial charge in [0.05, 0.1) is 6.67 Å². The van der Waals surface area contributed by atoms with Crippen LogP contribution in [-0.2, 0) is 6.42 Å². The Labute approximate surface area is 201 Å². The molecule has 1 saturated carbocycles. The van der Waals surface area contributed by atoms with Crippen molar-refractivity contribution in [3.63, 3.8) is 0 Å². The summed E-state index contributed by atoms with van der Waals surface area (Å²) in [5, 5.41) is 0. The zero-order valence-corrected chi connectivity index (χ0v) is 21.1. The maximum Gasteiger partial charge on any atom is 0.573 e. The van der Waals surface area contributed by atoms with Crippen LogP contribution in [0.1, 0.15) is 76.2 Å². The van der Waals surface area contributed by atoms with Crippen molar-refractivity contribution in [3.8, 4) is 5.75 Å². The third kappa shape index (κ3) is 8.79. The highest BCUT2D eigenvalue weighted by Gasteiger charge is 2.34. The summed E-state index contributed by atoms with van der Waals surface area (Å²) < 4.78 is 80.2. The van der Waals surface area contributed by atoms with Gasteiger partial charge in [0.1, 0.15) is 0 Å². The number of halogens is 6. The predicted octanol–water partition coefficient (Wildman–Crippen LogP) is 8.77. The fourth-order valence-electron chi connectivity index (χ4n) is 6.16. The average Bonchev–Trinajstić information content (AvgIpc) is 2.80. The summed E-state index contributed by atoms with van der Waals surface area (Å²) in [7, 11) is -0.598. The summed E-state index contributed by atoms with van der Waals surface area (Å²) in [5.74, 6) is -1.57. The maximum absolute atomic E-state index is 13.8. The molecule has 34 heavy (non-hydrogen) atoms. The van der Waals surface area contributed by atoms with Gasteiger partial charge in [-0.15, -0.1) is 13.2 Å². The number of hydrogen-bond acceptors (Lipinski definition) is 1. The zero-order chi connectivity index (χ0) is 24.6. The first-order valence-corrected chi connectivity index (χ1v) is 15.5. The van der Waals surface area contributed by atoms with Crippen molar-refractivity contribution in [2.24, 2.45) is 17.8 Å². The molecule has 1 saturated heterocycles. The van der Waals surface area contributed by atoms with Gasteiger partial charge in [-0.1, -0.05) is 63.1 Å². The van der Waals surface area contributed by atoms with E-state index in [1.165, 1.54) is 56.7 Å². The summed E-state index contributed by atoms with van der Waals surface area (Å²) in [6.07, 6.45) is 7.86. The first-order chi connectivity index (χ1) is 16.2. The largest absolute Gasteiger partial charge is 0.573 e. The van der Waals surface area contributed by atoms with E-state index in [9.17, 15) is 26.3 Å². The summed E-state index contributed by atoms with van der Waals surface area (Å²) in [5.41, 5.74) is 0.358. The Hall–Kier alpha value is -1.18. The van der Waals surface area contributed by atoms with E-state index in [2.05, 4.69) is 4.74 Å². The Bertz CT molecular complexity index is 716. The zero-order valence-electron chi connectivity index (χ0n) is 20.0. The molecule has 1 nitrogen and oxygen atoms in total. The second-order valence-corrected chi connectivity index (χ2v) is 13.9. The molecule has 0 spiro atoms. The molecular formula is C26H38F6OSi. The summed E-state index contributed by atoms with van der Waals surface area (Å²) >= 11 is 0. The van der Waals surface area contributed by atoms with Gasteiger partial charge in [-0.25, -0.2) is 8.78 Å². The lowest BCUT2D eigenvalue weighted by Gasteiger charge is -2.37. The second-order valence-electron chi connectivity index (χ2n) is 10.4. The summed E-state index contributed by atoms with van der Waals surface area (Å²) in [6.45, 7) is -0.169. The van der Waals surface area contributed by atoms with Crippen molar-refractivity contribution in [3.05, 3.63) is 29.3 Å². The number of hydrogen-bond donors (Lipinski definition) is 0. The maximum atomic E-state index is 13.8. The van der Waals surface area contributed by atoms with Gasteiger partial charge in [0, 0.05) is 8.80 Å². The van der Waals surface area contributed by atoms with Crippen LogP contribution in [0.25, 0.3) is 0 Å². The van der Waals surface area contributed by atoms with Crippen LogP contribution in [0, 0.1) is 29.4 Å². The van der Waals surface area contributed by atoms with Crippen LogP contribution < -0.4 is 4.74 Å². The van der Waals surface area contributed by atoms with Crippen molar-refractivity contribution >= 4 is 8.80 Å². The Kier molecular flexibility index (Phi) is 10.7. The van der Waals surface area contributed by atoms with Gasteiger partial charge in [0.2, 0.25) is 5.75 Å². The summed E-state index contributed by atoms with van der Waals surface area (Å²) in [6, 6.07) is 6.10. The molecule has 1 aromatic rings. The van der Waals surface area contributed by atoms with E-state index in [1.54, 1.807) is 0 Å². The molecule has 2 aliphatic rings. The standard InChI is InChI=1S/C26H38F6OSi/c27-13-3-4-14-34-15-11-22(12-16-34)21-9-7-19(8-10-21)5-1-2-6-20-17-23(28)25(24(29)18-20)33-26(30,31)32/h17-19,21-22,34H,1-16H2. The second kappa shape index (κ2) is 13.2. The number of unbranched alkanes of at least 4 members (excludes halogenated alkanes) is 2. The van der Waals surface area contributed by atoms with Crippen LogP contribution >= 0.6 is 0 Å². The van der Waals surface area contributed by atoms with Crippen molar-refractivity contribution in [1.29, 1.82) is 0 Å². The van der Waals surface area contributed by atoms with Crippen molar-refractivity contribution < 1.29 is 31.1 Å². The van der Waals surface area contributed by atoms with Gasteiger partial charge in [-0.2, -0.15) is 0 Å². The number of aryl methyl sites for hydroxylation is 1. The van der Waals surface area contributed by atoms with Gasteiger partial charge in [0.15, 0.2) is 11.6 Å². The molecule has 2 fully saturated rings. The normalized spacial score (nSPS) is 25.9. The molecule has 0 atom stereocenters. The highest BCUT2D eigenvalue weighted by atomic mass is 28.3. The third-order valence-corrected chi connectivity index (χ3v) is 11.6. The number of rotatable bonds is 11. The molecule has 1 aromatic carbocycles. The topological polar surface area (TPSA) is 9.23 Å². The van der Waals surface area contributed by atoms with Crippen molar-refractivity contribution in [1.82, 2.24) is 0 Å². The van der Waals surface area contributed by atoms with E-state index >= 15 is 0 Å². The molecule has 0 N–H and O–H groups in total. The summed E-state index contributed by atoms with van der Waals surface area (Å²) in [4.78, 5) is 0. The Morgan fingerprint density at radius 1 is 0.824 bits per heavy atom. The van der Waals surface area contributed by atoms with E-state index in [0.29, 0.717) is 17.9 Å². The van der Waals surface area contributed by atoms with Crippen molar-refractivity contribution in [2.75, 3.05) is 6.67 Å². The number of benzene rings is 1. The third-order valence-electron chi connectivity index (χ3n) is 8.05. The SMILES string of the molecule is FCCCC[SiH]1CCC(C2CCC(CCCCc3cc(F)c(OC(F)(F)F)c(F)c3)CC2)CC1. The average molecular weight is 509 g/mol. The van der Waals surface area contributed by atoms with E-state index in [0.717, 1.165) is 56.1 Å². The Morgan fingerprint density at radius 2 is 1.44 bits per heavy atom. The van der Waals surface area contributed by atoms with Gasteiger partial charge < -0.3 is 4.74 Å². The van der Waals surface area contributed by atoms with Crippen LogP contribution in [0.2, 0.25) is 18.1 Å². The van der Waals surface area contributed by atoms with Crippen molar-refractivity contribution in [2.45, 2.75) is 102 Å². The van der Waals surface area contributed by atoms with Crippen LogP contribution in [0.5, 0.6) is 5.75 Å². The quantitative estimate of drug-likeness (QED) is 0.165. The molecule has 1 heterocycles. The molecule has 194 valence electrons. The molecule has 8 heteroatoms. The van der Waals surface area contributed by atoms with Crippen LogP contribution in [0.3, 0.4) is 0 Å². The monoisotopic (exact) mass is 508 g/mol. The molecule has 0 radical (unpaired) electrons. The van der Waals surface area contributed by atoms with E-state index in [-0.39, 0.29) is 6.67 Å².